The summed E-state index contributed by atoms with van der Waals surface area (Å²) in [4.78, 5) is 29.0. The van der Waals surface area contributed by atoms with Gasteiger partial charge in [0, 0.05) is 0 Å². The molecule has 0 unspecified atom stereocenters. The van der Waals surface area contributed by atoms with Gasteiger partial charge in [-0.3, -0.25) is 0 Å². The third-order valence-corrected chi connectivity index (χ3v) is 5.35. The van der Waals surface area contributed by atoms with Crippen LogP contribution in [0, 0.1) is 0 Å². The highest BCUT2D eigenvalue weighted by Gasteiger charge is 2.11. The van der Waals surface area contributed by atoms with Crippen LogP contribution in [-0.2, 0) is 9.47 Å². The SMILES string of the molecule is CCN(CC)CCCCOC(=O)c1ccc(C(=O)OCCCCN(CC)CC)cc1. The Morgan fingerprint density at radius 2 is 0.967 bits per heavy atom. The van der Waals surface area contributed by atoms with Crippen molar-refractivity contribution in [3.05, 3.63) is 35.4 Å². The molecule has 0 aliphatic heterocycles. The molecule has 0 aliphatic carbocycles. The van der Waals surface area contributed by atoms with Gasteiger partial charge in [0.2, 0.25) is 0 Å². The normalized spacial score (nSPS) is 11.1. The number of carbonyl (C=O) groups excluding carboxylic acids is 2. The number of benzene rings is 1. The molecule has 0 saturated heterocycles. The molecule has 0 atom stereocenters. The topological polar surface area (TPSA) is 59.1 Å². The fourth-order valence-electron chi connectivity index (χ4n) is 3.19. The van der Waals surface area contributed by atoms with Crippen molar-refractivity contribution in [2.75, 3.05) is 52.5 Å². The van der Waals surface area contributed by atoms with Crippen LogP contribution in [0.4, 0.5) is 0 Å². The van der Waals surface area contributed by atoms with Crippen molar-refractivity contribution in [3.63, 3.8) is 0 Å². The predicted octanol–water partition coefficient (Wildman–Crippen LogP) is 4.24. The average molecular weight is 421 g/mol. The maximum atomic E-state index is 12.1. The minimum Gasteiger partial charge on any atom is -0.462 e. The van der Waals surface area contributed by atoms with Crippen LogP contribution in [0.1, 0.15) is 74.1 Å². The smallest absolute Gasteiger partial charge is 0.338 e. The Kier molecular flexibility index (Phi) is 13.8. The van der Waals surface area contributed by atoms with Gasteiger partial charge in [0.15, 0.2) is 0 Å². The summed E-state index contributed by atoms with van der Waals surface area (Å²) in [5.41, 5.74) is 0.907. The van der Waals surface area contributed by atoms with Crippen molar-refractivity contribution in [1.82, 2.24) is 9.80 Å². The second-order valence-electron chi connectivity index (χ2n) is 7.32. The van der Waals surface area contributed by atoms with Crippen molar-refractivity contribution in [3.8, 4) is 0 Å². The van der Waals surface area contributed by atoms with E-state index in [0.29, 0.717) is 24.3 Å². The summed E-state index contributed by atoms with van der Waals surface area (Å²) in [5, 5.41) is 0. The van der Waals surface area contributed by atoms with E-state index < -0.39 is 0 Å². The van der Waals surface area contributed by atoms with Crippen molar-refractivity contribution in [1.29, 1.82) is 0 Å². The van der Waals surface area contributed by atoms with Crippen molar-refractivity contribution in [2.24, 2.45) is 0 Å². The van der Waals surface area contributed by atoms with E-state index >= 15 is 0 Å². The second-order valence-corrected chi connectivity index (χ2v) is 7.32. The third kappa shape index (κ3) is 10.2. The summed E-state index contributed by atoms with van der Waals surface area (Å²) in [5.74, 6) is -0.705. The van der Waals surface area contributed by atoms with Gasteiger partial charge >= 0.3 is 11.9 Å². The Labute approximate surface area is 182 Å². The van der Waals surface area contributed by atoms with E-state index in [-0.39, 0.29) is 11.9 Å². The number of unbranched alkanes of at least 4 members (excludes halogenated alkanes) is 2. The van der Waals surface area contributed by atoms with Crippen LogP contribution in [0.15, 0.2) is 24.3 Å². The van der Waals surface area contributed by atoms with Gasteiger partial charge in [0.25, 0.3) is 0 Å². The molecule has 1 aromatic carbocycles. The number of ether oxygens (including phenoxy) is 2. The number of rotatable bonds is 16. The molecular weight excluding hydrogens is 380 g/mol. The monoisotopic (exact) mass is 420 g/mol. The first-order valence-electron chi connectivity index (χ1n) is 11.4. The Morgan fingerprint density at radius 3 is 1.27 bits per heavy atom. The van der Waals surface area contributed by atoms with E-state index in [1.165, 1.54) is 0 Å². The number of hydrogen-bond donors (Lipinski definition) is 0. The van der Waals surface area contributed by atoms with Crippen LogP contribution < -0.4 is 0 Å². The standard InChI is InChI=1S/C24H40N2O4/c1-5-25(6-2)17-9-11-19-29-23(27)21-13-15-22(16-14-21)24(28)30-20-12-10-18-26(7-3)8-4/h13-16H,5-12,17-20H2,1-4H3. The largest absolute Gasteiger partial charge is 0.462 e. The van der Waals surface area contributed by atoms with Gasteiger partial charge < -0.3 is 19.3 Å². The zero-order valence-electron chi connectivity index (χ0n) is 19.3. The summed E-state index contributed by atoms with van der Waals surface area (Å²) >= 11 is 0. The van der Waals surface area contributed by atoms with E-state index in [1.807, 2.05) is 0 Å². The molecular formula is C24H40N2O4. The van der Waals surface area contributed by atoms with Crippen LogP contribution in [0.3, 0.4) is 0 Å². The van der Waals surface area contributed by atoms with Gasteiger partial charge in [-0.25, -0.2) is 9.59 Å². The summed E-state index contributed by atoms with van der Waals surface area (Å²) in [7, 11) is 0. The molecule has 1 aromatic rings. The highest BCUT2D eigenvalue weighted by molar-refractivity contribution is 5.93. The van der Waals surface area contributed by atoms with Gasteiger partial charge in [0.05, 0.1) is 24.3 Å². The van der Waals surface area contributed by atoms with Crippen LogP contribution in [-0.4, -0.2) is 74.2 Å². The average Bonchev–Trinajstić information content (AvgIpc) is 2.78. The molecule has 170 valence electrons. The lowest BCUT2D eigenvalue weighted by Crippen LogP contribution is -2.24. The van der Waals surface area contributed by atoms with Gasteiger partial charge in [0.1, 0.15) is 0 Å². The van der Waals surface area contributed by atoms with Crippen LogP contribution >= 0.6 is 0 Å². The fraction of sp³-hybridized carbons (Fsp3) is 0.667. The third-order valence-electron chi connectivity index (χ3n) is 5.35. The van der Waals surface area contributed by atoms with Crippen LogP contribution in [0.5, 0.6) is 0 Å². The highest BCUT2D eigenvalue weighted by Crippen LogP contribution is 2.09. The number of carbonyl (C=O) groups is 2. The molecule has 0 aliphatic rings. The molecule has 0 aromatic heterocycles. The first kappa shape index (κ1) is 26.1. The number of nitrogens with zero attached hydrogens (tertiary/aromatic N) is 2. The molecule has 0 spiro atoms. The molecule has 0 heterocycles. The van der Waals surface area contributed by atoms with Crippen molar-refractivity contribution >= 4 is 11.9 Å². The van der Waals surface area contributed by atoms with Crippen LogP contribution in [0.2, 0.25) is 0 Å². The lowest BCUT2D eigenvalue weighted by atomic mass is 10.1. The second kappa shape index (κ2) is 15.9. The number of hydrogen-bond acceptors (Lipinski definition) is 6. The fourth-order valence-corrected chi connectivity index (χ4v) is 3.19. The Hall–Kier alpha value is -1.92. The molecule has 0 N–H and O–H groups in total. The van der Waals surface area contributed by atoms with Crippen molar-refractivity contribution in [2.45, 2.75) is 53.4 Å². The molecule has 1 rings (SSSR count). The van der Waals surface area contributed by atoms with E-state index in [1.54, 1.807) is 24.3 Å². The van der Waals surface area contributed by atoms with Gasteiger partial charge in [-0.05, 0) is 89.2 Å². The zero-order valence-corrected chi connectivity index (χ0v) is 19.3. The molecule has 30 heavy (non-hydrogen) atoms. The highest BCUT2D eigenvalue weighted by atomic mass is 16.5. The van der Waals surface area contributed by atoms with Gasteiger partial charge in [-0.1, -0.05) is 27.7 Å². The maximum absolute atomic E-state index is 12.1. The Bertz CT molecular complexity index is 543. The summed E-state index contributed by atoms with van der Waals surface area (Å²) in [6.45, 7) is 15.6. The minimum atomic E-state index is -0.353. The molecule has 6 nitrogen and oxygen atoms in total. The lowest BCUT2D eigenvalue weighted by Gasteiger charge is -2.17. The van der Waals surface area contributed by atoms with Gasteiger partial charge in [-0.15, -0.1) is 0 Å². The molecule has 0 saturated carbocycles. The van der Waals surface area contributed by atoms with E-state index in [4.69, 9.17) is 9.47 Å². The van der Waals surface area contributed by atoms with Gasteiger partial charge in [-0.2, -0.15) is 0 Å². The lowest BCUT2D eigenvalue weighted by molar-refractivity contribution is 0.0481. The Balaban J connectivity index is 2.27. The predicted molar refractivity (Wildman–Crippen MR) is 121 cm³/mol. The zero-order chi connectivity index (χ0) is 22.2. The summed E-state index contributed by atoms with van der Waals surface area (Å²) < 4.78 is 10.7. The Morgan fingerprint density at radius 1 is 0.633 bits per heavy atom. The summed E-state index contributed by atoms with van der Waals surface area (Å²) in [6, 6.07) is 6.48. The molecule has 0 radical (unpaired) electrons. The van der Waals surface area contributed by atoms with Crippen molar-refractivity contribution < 1.29 is 19.1 Å². The molecule has 0 fully saturated rings. The summed E-state index contributed by atoms with van der Waals surface area (Å²) in [6.07, 6.45) is 3.71. The minimum absolute atomic E-state index is 0.353. The van der Waals surface area contributed by atoms with E-state index in [9.17, 15) is 9.59 Å². The molecule has 0 bridgehead atoms. The quantitative estimate of drug-likeness (QED) is 0.294. The number of esters is 2. The maximum Gasteiger partial charge on any atom is 0.338 e. The first-order chi connectivity index (χ1) is 14.5. The molecule has 0 amide bonds. The van der Waals surface area contributed by atoms with E-state index in [2.05, 4.69) is 37.5 Å². The van der Waals surface area contributed by atoms with Crippen LogP contribution in [0.25, 0.3) is 0 Å². The van der Waals surface area contributed by atoms with E-state index in [0.717, 1.165) is 65.0 Å². The molecule has 6 heteroatoms. The first-order valence-corrected chi connectivity index (χ1v) is 11.4.